The summed E-state index contributed by atoms with van der Waals surface area (Å²) < 4.78 is 5.37. The molecule has 0 spiro atoms. The first-order valence-corrected chi connectivity index (χ1v) is 6.02. The lowest BCUT2D eigenvalue weighted by atomic mass is 10.2. The molecule has 6 nitrogen and oxygen atoms in total. The number of aromatic nitrogens is 2. The molecule has 2 aromatic rings. The van der Waals surface area contributed by atoms with Gasteiger partial charge in [0.2, 0.25) is 5.75 Å². The van der Waals surface area contributed by atoms with E-state index >= 15 is 0 Å². The number of rotatable bonds is 4. The Bertz CT molecular complexity index is 650. The van der Waals surface area contributed by atoms with Gasteiger partial charge in [-0.05, 0) is 12.1 Å². The van der Waals surface area contributed by atoms with E-state index in [1.807, 2.05) is 25.2 Å². The summed E-state index contributed by atoms with van der Waals surface area (Å²) in [4.78, 5) is 10.2. The van der Waals surface area contributed by atoms with Crippen LogP contribution in [0.3, 0.4) is 0 Å². The first-order chi connectivity index (χ1) is 9.72. The number of para-hydroxylation sites is 1. The number of anilines is 3. The molecule has 0 aliphatic heterocycles. The van der Waals surface area contributed by atoms with Crippen molar-refractivity contribution in [3.63, 3.8) is 0 Å². The second kappa shape index (κ2) is 5.89. The maximum absolute atomic E-state index is 9.19. The van der Waals surface area contributed by atoms with Crippen molar-refractivity contribution in [2.24, 2.45) is 0 Å². The van der Waals surface area contributed by atoms with Crippen LogP contribution in [-0.2, 0) is 0 Å². The molecule has 0 aliphatic rings. The van der Waals surface area contributed by atoms with Gasteiger partial charge in [0.15, 0.2) is 11.6 Å². The molecule has 2 rings (SSSR count). The first-order valence-electron chi connectivity index (χ1n) is 6.02. The van der Waals surface area contributed by atoms with E-state index in [-0.39, 0.29) is 0 Å². The number of methoxy groups -OCH3 is 1. The SMILES string of the molecule is CNc1ncnc(N(C)c2ccccc2C#N)c1OC. The van der Waals surface area contributed by atoms with Crippen molar-refractivity contribution < 1.29 is 4.74 Å². The van der Waals surface area contributed by atoms with Gasteiger partial charge < -0.3 is 15.0 Å². The molecule has 102 valence electrons. The molecule has 0 amide bonds. The van der Waals surface area contributed by atoms with E-state index in [2.05, 4.69) is 21.4 Å². The minimum absolute atomic E-state index is 0.533. The summed E-state index contributed by atoms with van der Waals surface area (Å²) in [6, 6.07) is 9.49. The summed E-state index contributed by atoms with van der Waals surface area (Å²) in [5.74, 6) is 1.72. The number of benzene rings is 1. The molecule has 1 N–H and O–H groups in total. The number of hydrogen-bond donors (Lipinski definition) is 1. The van der Waals surface area contributed by atoms with E-state index in [4.69, 9.17) is 4.74 Å². The molecule has 0 unspecified atom stereocenters. The highest BCUT2D eigenvalue weighted by Crippen LogP contribution is 2.35. The molecule has 0 aliphatic carbocycles. The molecular weight excluding hydrogens is 254 g/mol. The fraction of sp³-hybridized carbons (Fsp3) is 0.214. The Hall–Kier alpha value is -2.81. The molecule has 0 atom stereocenters. The Balaban J connectivity index is 2.54. The van der Waals surface area contributed by atoms with Gasteiger partial charge in [-0.25, -0.2) is 9.97 Å². The van der Waals surface area contributed by atoms with Gasteiger partial charge in [0.25, 0.3) is 0 Å². The van der Waals surface area contributed by atoms with Crippen LogP contribution in [0.1, 0.15) is 5.56 Å². The molecular formula is C14H15N5O. The number of nitriles is 1. The van der Waals surface area contributed by atoms with Gasteiger partial charge in [0.1, 0.15) is 12.4 Å². The van der Waals surface area contributed by atoms with Crippen LogP contribution < -0.4 is 15.0 Å². The molecule has 0 radical (unpaired) electrons. The monoisotopic (exact) mass is 269 g/mol. The van der Waals surface area contributed by atoms with Gasteiger partial charge in [-0.2, -0.15) is 5.26 Å². The van der Waals surface area contributed by atoms with E-state index in [0.29, 0.717) is 22.9 Å². The van der Waals surface area contributed by atoms with Gasteiger partial charge >= 0.3 is 0 Å². The number of nitrogens with zero attached hydrogens (tertiary/aromatic N) is 4. The summed E-state index contributed by atoms with van der Waals surface area (Å²) in [6.07, 6.45) is 1.45. The molecule has 1 aromatic heterocycles. The molecule has 6 heteroatoms. The van der Waals surface area contributed by atoms with Gasteiger partial charge in [-0.1, -0.05) is 12.1 Å². The standard InChI is InChI=1S/C14H15N5O/c1-16-13-12(20-3)14(18-9-17-13)19(2)11-7-5-4-6-10(11)8-15/h4-7,9H,1-3H3,(H,16,17,18). The van der Waals surface area contributed by atoms with Crippen molar-refractivity contribution >= 4 is 17.3 Å². The van der Waals surface area contributed by atoms with Crippen LogP contribution in [0.5, 0.6) is 5.75 Å². The molecule has 0 saturated carbocycles. The van der Waals surface area contributed by atoms with Gasteiger partial charge in [-0.3, -0.25) is 0 Å². The van der Waals surface area contributed by atoms with E-state index in [1.54, 1.807) is 25.1 Å². The van der Waals surface area contributed by atoms with Gasteiger partial charge in [0.05, 0.1) is 18.4 Å². The maximum atomic E-state index is 9.19. The second-order valence-electron chi connectivity index (χ2n) is 4.02. The van der Waals surface area contributed by atoms with E-state index in [9.17, 15) is 5.26 Å². The molecule has 0 bridgehead atoms. The average Bonchev–Trinajstić information content (AvgIpc) is 2.53. The molecule has 1 heterocycles. The minimum Gasteiger partial charge on any atom is -0.490 e. The van der Waals surface area contributed by atoms with Crippen molar-refractivity contribution in [2.75, 3.05) is 31.4 Å². The Labute approximate surface area is 117 Å². The highest BCUT2D eigenvalue weighted by Gasteiger charge is 2.17. The fourth-order valence-corrected chi connectivity index (χ4v) is 1.94. The third kappa shape index (κ3) is 2.34. The van der Waals surface area contributed by atoms with Crippen LogP contribution in [-0.4, -0.2) is 31.2 Å². The van der Waals surface area contributed by atoms with Crippen LogP contribution in [0, 0.1) is 11.3 Å². The van der Waals surface area contributed by atoms with Crippen molar-refractivity contribution in [3.05, 3.63) is 36.2 Å². The summed E-state index contributed by atoms with van der Waals surface area (Å²) in [6.45, 7) is 0. The molecule has 0 fully saturated rings. The molecule has 0 saturated heterocycles. The predicted octanol–water partition coefficient (Wildman–Crippen LogP) is 2.17. The van der Waals surface area contributed by atoms with Gasteiger partial charge in [0, 0.05) is 14.1 Å². The first kappa shape index (κ1) is 13.6. The lowest BCUT2D eigenvalue weighted by Gasteiger charge is -2.22. The van der Waals surface area contributed by atoms with E-state index in [0.717, 1.165) is 5.69 Å². The number of hydrogen-bond acceptors (Lipinski definition) is 6. The van der Waals surface area contributed by atoms with Crippen molar-refractivity contribution in [2.45, 2.75) is 0 Å². The Kier molecular flexibility index (Phi) is 4.01. The lowest BCUT2D eigenvalue weighted by molar-refractivity contribution is 0.414. The summed E-state index contributed by atoms with van der Waals surface area (Å²) >= 11 is 0. The van der Waals surface area contributed by atoms with Crippen LogP contribution >= 0.6 is 0 Å². The van der Waals surface area contributed by atoms with Crippen LogP contribution in [0.25, 0.3) is 0 Å². The molecule has 20 heavy (non-hydrogen) atoms. The Morgan fingerprint density at radius 3 is 2.70 bits per heavy atom. The van der Waals surface area contributed by atoms with Crippen molar-refractivity contribution in [1.29, 1.82) is 5.26 Å². The van der Waals surface area contributed by atoms with Crippen LogP contribution in [0.2, 0.25) is 0 Å². The van der Waals surface area contributed by atoms with Crippen LogP contribution in [0.4, 0.5) is 17.3 Å². The normalized spacial score (nSPS) is 9.70. The third-order valence-corrected chi connectivity index (χ3v) is 2.93. The third-order valence-electron chi connectivity index (χ3n) is 2.93. The smallest absolute Gasteiger partial charge is 0.204 e. The topological polar surface area (TPSA) is 74.1 Å². The minimum atomic E-state index is 0.533. The summed E-state index contributed by atoms with van der Waals surface area (Å²) in [5, 5.41) is 12.1. The quantitative estimate of drug-likeness (QED) is 0.916. The van der Waals surface area contributed by atoms with Gasteiger partial charge in [-0.15, -0.1) is 0 Å². The Morgan fingerprint density at radius 2 is 2.05 bits per heavy atom. The highest BCUT2D eigenvalue weighted by atomic mass is 16.5. The number of ether oxygens (including phenoxy) is 1. The maximum Gasteiger partial charge on any atom is 0.204 e. The summed E-state index contributed by atoms with van der Waals surface area (Å²) in [5.41, 5.74) is 1.33. The summed E-state index contributed by atoms with van der Waals surface area (Å²) in [7, 11) is 5.16. The average molecular weight is 269 g/mol. The highest BCUT2D eigenvalue weighted by molar-refractivity contribution is 5.73. The van der Waals surface area contributed by atoms with E-state index in [1.165, 1.54) is 6.33 Å². The number of nitrogens with one attached hydrogen (secondary N) is 1. The largest absolute Gasteiger partial charge is 0.490 e. The van der Waals surface area contributed by atoms with Crippen LogP contribution in [0.15, 0.2) is 30.6 Å². The lowest BCUT2D eigenvalue weighted by Crippen LogP contribution is -2.15. The van der Waals surface area contributed by atoms with E-state index < -0.39 is 0 Å². The zero-order valence-electron chi connectivity index (χ0n) is 11.6. The van der Waals surface area contributed by atoms with Crippen molar-refractivity contribution in [1.82, 2.24) is 9.97 Å². The second-order valence-corrected chi connectivity index (χ2v) is 4.02. The fourth-order valence-electron chi connectivity index (χ4n) is 1.94. The Morgan fingerprint density at radius 1 is 1.30 bits per heavy atom. The zero-order chi connectivity index (χ0) is 14.5. The zero-order valence-corrected chi connectivity index (χ0v) is 11.6. The predicted molar refractivity (Wildman–Crippen MR) is 77.4 cm³/mol. The van der Waals surface area contributed by atoms with Crippen molar-refractivity contribution in [3.8, 4) is 11.8 Å². The molecule has 1 aromatic carbocycles.